The number of aliphatic hydroxyl groups excluding tert-OH is 1. The predicted molar refractivity (Wildman–Crippen MR) is 60.7 cm³/mol. The lowest BCUT2D eigenvalue weighted by atomic mass is 9.78. The van der Waals surface area contributed by atoms with E-state index in [0.29, 0.717) is 18.6 Å². The summed E-state index contributed by atoms with van der Waals surface area (Å²) in [4.78, 5) is 0. The van der Waals surface area contributed by atoms with Crippen molar-refractivity contribution < 1.29 is 18.6 Å². The number of aliphatic hydroxyl groups is 1. The van der Waals surface area contributed by atoms with Gasteiger partial charge < -0.3 is 15.6 Å². The first-order valence-electron chi connectivity index (χ1n) is 5.34. The molecular weight excluding hydrogens is 228 g/mol. The lowest BCUT2D eigenvalue weighted by Crippen LogP contribution is -2.40. The van der Waals surface area contributed by atoms with Crippen molar-refractivity contribution in [1.29, 1.82) is 0 Å². The topological polar surface area (TPSA) is 55.5 Å². The lowest BCUT2D eigenvalue weighted by molar-refractivity contribution is 0.129. The summed E-state index contributed by atoms with van der Waals surface area (Å²) < 4.78 is 31.2. The Bertz CT molecular complexity index is 347. The summed E-state index contributed by atoms with van der Waals surface area (Å²) in [6.45, 7) is 0.168. The van der Waals surface area contributed by atoms with Crippen molar-refractivity contribution in [2.24, 2.45) is 5.73 Å². The first-order valence-corrected chi connectivity index (χ1v) is 5.34. The average molecular weight is 245 g/mol. The third kappa shape index (κ3) is 3.21. The number of hydrogen-bond acceptors (Lipinski definition) is 3. The summed E-state index contributed by atoms with van der Waals surface area (Å²) in [5.74, 6) is -1.35. The van der Waals surface area contributed by atoms with Crippen molar-refractivity contribution in [2.75, 3.05) is 26.9 Å². The van der Waals surface area contributed by atoms with Gasteiger partial charge in [-0.15, -0.1) is 0 Å². The quantitative estimate of drug-likeness (QED) is 0.791. The normalized spacial score (nSPS) is 14.6. The molecule has 0 saturated heterocycles. The van der Waals surface area contributed by atoms with Crippen LogP contribution in [-0.2, 0) is 10.2 Å². The minimum atomic E-state index is -0.862. The van der Waals surface area contributed by atoms with Gasteiger partial charge in [-0.2, -0.15) is 0 Å². The highest BCUT2D eigenvalue weighted by Crippen LogP contribution is 2.28. The van der Waals surface area contributed by atoms with Crippen LogP contribution in [0, 0.1) is 11.6 Å². The highest BCUT2D eigenvalue weighted by Gasteiger charge is 2.30. The number of hydrogen-bond donors (Lipinski definition) is 2. The Kier molecular flexibility index (Phi) is 4.99. The van der Waals surface area contributed by atoms with E-state index in [1.54, 1.807) is 0 Å². The van der Waals surface area contributed by atoms with E-state index in [1.807, 2.05) is 0 Å². The molecule has 0 fully saturated rings. The fourth-order valence-corrected chi connectivity index (χ4v) is 1.76. The first-order chi connectivity index (χ1) is 8.07. The second-order valence-corrected chi connectivity index (χ2v) is 4.04. The summed E-state index contributed by atoms with van der Waals surface area (Å²) in [6, 6.07) is 3.18. The van der Waals surface area contributed by atoms with Crippen molar-refractivity contribution in [3.63, 3.8) is 0 Å². The zero-order valence-electron chi connectivity index (χ0n) is 9.75. The molecule has 0 heterocycles. The lowest BCUT2D eigenvalue weighted by Gasteiger charge is -2.31. The van der Waals surface area contributed by atoms with Crippen molar-refractivity contribution in [2.45, 2.75) is 11.8 Å². The smallest absolute Gasteiger partial charge is 0.126 e. The number of rotatable bonds is 6. The minimum Gasteiger partial charge on any atom is -0.395 e. The van der Waals surface area contributed by atoms with Crippen LogP contribution < -0.4 is 5.73 Å². The third-order valence-electron chi connectivity index (χ3n) is 2.95. The maximum Gasteiger partial charge on any atom is 0.126 e. The Labute approximate surface area is 99.2 Å². The zero-order chi connectivity index (χ0) is 12.9. The average Bonchev–Trinajstić information content (AvgIpc) is 2.30. The molecule has 0 spiro atoms. The molecule has 1 atom stereocenters. The second-order valence-electron chi connectivity index (χ2n) is 4.04. The van der Waals surface area contributed by atoms with Crippen LogP contribution in [0.2, 0.25) is 0 Å². The highest BCUT2D eigenvalue weighted by atomic mass is 19.1. The summed E-state index contributed by atoms with van der Waals surface area (Å²) in [5, 5.41) is 9.46. The van der Waals surface area contributed by atoms with E-state index in [4.69, 9.17) is 10.5 Å². The van der Waals surface area contributed by atoms with Gasteiger partial charge in [0.05, 0.1) is 6.61 Å². The highest BCUT2D eigenvalue weighted by molar-refractivity contribution is 5.28. The Morgan fingerprint density at radius 1 is 1.29 bits per heavy atom. The molecule has 1 unspecified atom stereocenters. The van der Waals surface area contributed by atoms with Crippen molar-refractivity contribution >= 4 is 0 Å². The molecule has 96 valence electrons. The summed E-state index contributed by atoms with van der Waals surface area (Å²) in [6.07, 6.45) is 0.402. The fraction of sp³-hybridized carbons (Fsp3) is 0.500. The van der Waals surface area contributed by atoms with Gasteiger partial charge in [-0.1, -0.05) is 0 Å². The van der Waals surface area contributed by atoms with E-state index < -0.39 is 17.0 Å². The molecule has 0 amide bonds. The molecule has 0 aliphatic rings. The third-order valence-corrected chi connectivity index (χ3v) is 2.95. The maximum atomic E-state index is 13.2. The van der Waals surface area contributed by atoms with Crippen LogP contribution >= 0.6 is 0 Å². The van der Waals surface area contributed by atoms with Crippen molar-refractivity contribution in [3.8, 4) is 0 Å². The van der Waals surface area contributed by atoms with Gasteiger partial charge >= 0.3 is 0 Å². The van der Waals surface area contributed by atoms with Gasteiger partial charge in [0, 0.05) is 31.7 Å². The number of halogens is 2. The molecule has 0 aliphatic carbocycles. The largest absolute Gasteiger partial charge is 0.395 e. The van der Waals surface area contributed by atoms with Gasteiger partial charge in [-0.05, 0) is 24.1 Å². The van der Waals surface area contributed by atoms with Crippen LogP contribution in [0.3, 0.4) is 0 Å². The molecule has 0 saturated carbocycles. The van der Waals surface area contributed by atoms with Crippen LogP contribution in [0.15, 0.2) is 18.2 Å². The van der Waals surface area contributed by atoms with Crippen LogP contribution in [0.4, 0.5) is 8.78 Å². The van der Waals surface area contributed by atoms with Crippen LogP contribution in [-0.4, -0.2) is 32.0 Å². The second kappa shape index (κ2) is 6.05. The summed E-state index contributed by atoms with van der Waals surface area (Å²) in [5.41, 5.74) is 5.13. The number of ether oxygens (including phenoxy) is 1. The molecule has 17 heavy (non-hydrogen) atoms. The predicted octanol–water partition coefficient (Wildman–Crippen LogP) is 1.19. The minimum absolute atomic E-state index is 0.0930. The Morgan fingerprint density at radius 2 is 1.88 bits per heavy atom. The molecule has 1 rings (SSSR count). The monoisotopic (exact) mass is 245 g/mol. The molecular formula is C12H17F2NO2. The van der Waals surface area contributed by atoms with Crippen LogP contribution in [0.1, 0.15) is 12.0 Å². The van der Waals surface area contributed by atoms with Gasteiger partial charge in [0.15, 0.2) is 0 Å². The molecule has 0 aliphatic heterocycles. The zero-order valence-corrected chi connectivity index (χ0v) is 9.75. The Balaban J connectivity index is 3.11. The van der Waals surface area contributed by atoms with Gasteiger partial charge in [-0.25, -0.2) is 8.78 Å². The first kappa shape index (κ1) is 14.0. The Hall–Kier alpha value is -1.04. The fourth-order valence-electron chi connectivity index (χ4n) is 1.76. The molecule has 0 aromatic heterocycles. The van der Waals surface area contributed by atoms with Crippen molar-refractivity contribution in [1.82, 2.24) is 0 Å². The van der Waals surface area contributed by atoms with E-state index in [9.17, 15) is 13.9 Å². The van der Waals surface area contributed by atoms with E-state index in [1.165, 1.54) is 19.2 Å². The molecule has 5 heteroatoms. The van der Waals surface area contributed by atoms with Gasteiger partial charge in [0.2, 0.25) is 0 Å². The molecule has 3 N–H and O–H groups in total. The Morgan fingerprint density at radius 3 is 2.29 bits per heavy atom. The number of nitrogens with two attached hydrogens (primary N) is 1. The SMILES string of the molecule is COCCC(CN)(CO)c1cc(F)cc(F)c1. The standard InChI is InChI=1S/C12H17F2NO2/c1-17-3-2-12(7-15,8-16)9-4-10(13)6-11(14)5-9/h4-6,16H,2-3,7-8,15H2,1H3. The molecule has 1 aromatic rings. The van der Waals surface area contributed by atoms with Crippen molar-refractivity contribution in [3.05, 3.63) is 35.4 Å². The van der Waals surface area contributed by atoms with Crippen LogP contribution in [0.25, 0.3) is 0 Å². The van der Waals surface area contributed by atoms with E-state index in [2.05, 4.69) is 0 Å². The number of benzene rings is 1. The number of methoxy groups -OCH3 is 1. The van der Waals surface area contributed by atoms with E-state index in [-0.39, 0.29) is 13.2 Å². The van der Waals surface area contributed by atoms with E-state index >= 15 is 0 Å². The molecule has 0 bridgehead atoms. The summed E-state index contributed by atoms with van der Waals surface area (Å²) >= 11 is 0. The molecule has 1 aromatic carbocycles. The van der Waals surface area contributed by atoms with Gasteiger partial charge in [-0.3, -0.25) is 0 Å². The van der Waals surface area contributed by atoms with Gasteiger partial charge in [0.1, 0.15) is 11.6 Å². The van der Waals surface area contributed by atoms with E-state index in [0.717, 1.165) is 6.07 Å². The maximum absolute atomic E-state index is 13.2. The van der Waals surface area contributed by atoms with Crippen LogP contribution in [0.5, 0.6) is 0 Å². The molecule has 0 radical (unpaired) electrons. The summed E-state index contributed by atoms with van der Waals surface area (Å²) in [7, 11) is 1.52. The molecule has 3 nitrogen and oxygen atoms in total. The van der Waals surface area contributed by atoms with Gasteiger partial charge in [0.25, 0.3) is 0 Å².